The molecule has 0 spiro atoms. The van der Waals surface area contributed by atoms with E-state index >= 15 is 0 Å². The number of nitrogens with zero attached hydrogens (tertiary/aromatic N) is 6. The van der Waals surface area contributed by atoms with Gasteiger partial charge in [-0.3, -0.25) is 9.97 Å². The van der Waals surface area contributed by atoms with E-state index in [0.29, 0.717) is 17.2 Å². The molecular formula is C31H22F2N6O5S2. The van der Waals surface area contributed by atoms with Crippen molar-refractivity contribution in [3.8, 4) is 11.5 Å². The molecule has 0 fully saturated rings. The molecule has 5 heterocycles. The largest absolute Gasteiger partial charge is 0.474 e. The van der Waals surface area contributed by atoms with E-state index < -0.39 is 29.8 Å². The van der Waals surface area contributed by atoms with Gasteiger partial charge < -0.3 is 18.6 Å². The van der Waals surface area contributed by atoms with Crippen LogP contribution in [0.3, 0.4) is 0 Å². The minimum Gasteiger partial charge on any atom is -0.474 e. The Morgan fingerprint density at radius 1 is 0.804 bits per heavy atom. The third-order valence-electron chi connectivity index (χ3n) is 6.25. The number of benzene rings is 2. The van der Waals surface area contributed by atoms with Crippen LogP contribution in [0.15, 0.2) is 94.9 Å². The second-order valence-corrected chi connectivity index (χ2v) is 11.1. The predicted molar refractivity (Wildman–Crippen MR) is 164 cm³/mol. The highest BCUT2D eigenvalue weighted by atomic mass is 32.1. The van der Waals surface area contributed by atoms with Gasteiger partial charge in [0.15, 0.2) is 0 Å². The number of carbonyl (C=O) groups is 1. The van der Waals surface area contributed by atoms with Gasteiger partial charge in [0.1, 0.15) is 23.1 Å². The van der Waals surface area contributed by atoms with Crippen LogP contribution in [0.4, 0.5) is 8.78 Å². The lowest BCUT2D eigenvalue weighted by Crippen LogP contribution is -2.22. The molecule has 7 aromatic rings. The Bertz CT molecular complexity index is 2040. The molecule has 0 aliphatic rings. The average Bonchev–Trinajstić information content (AvgIpc) is 3.86. The number of esters is 1. The number of pyridine rings is 2. The van der Waals surface area contributed by atoms with Crippen molar-refractivity contribution in [2.24, 2.45) is 0 Å². The summed E-state index contributed by atoms with van der Waals surface area (Å²) in [6, 6.07) is 16.3. The van der Waals surface area contributed by atoms with E-state index in [-0.39, 0.29) is 18.2 Å². The van der Waals surface area contributed by atoms with Crippen molar-refractivity contribution in [2.45, 2.75) is 19.1 Å². The average molecular weight is 661 g/mol. The molecule has 2 atom stereocenters. The van der Waals surface area contributed by atoms with Gasteiger partial charge in [0, 0.05) is 0 Å². The minimum absolute atomic E-state index is 0.216. The summed E-state index contributed by atoms with van der Waals surface area (Å²) in [6.07, 6.45) is 1.59. The van der Waals surface area contributed by atoms with Crippen LogP contribution in [-0.4, -0.2) is 42.7 Å². The number of carbonyl (C=O) groups excluding carboxylic acids is 1. The molecule has 2 unspecified atom stereocenters. The van der Waals surface area contributed by atoms with Crippen molar-refractivity contribution < 1.29 is 32.2 Å². The molecule has 2 aromatic carbocycles. The molecule has 11 nitrogen and oxygen atoms in total. The van der Waals surface area contributed by atoms with E-state index in [9.17, 15) is 13.6 Å². The highest BCUT2D eigenvalue weighted by Gasteiger charge is 2.26. The van der Waals surface area contributed by atoms with Crippen molar-refractivity contribution in [3.05, 3.63) is 119 Å². The minimum atomic E-state index is -1.05. The van der Waals surface area contributed by atoms with Gasteiger partial charge in [-0.1, -0.05) is 0 Å². The van der Waals surface area contributed by atoms with Crippen LogP contribution in [0.2, 0.25) is 0 Å². The number of halogens is 2. The molecular weight excluding hydrogens is 639 g/mol. The smallest absolute Gasteiger partial charge is 0.353 e. The summed E-state index contributed by atoms with van der Waals surface area (Å²) in [5.74, 6) is -0.141. The Labute approximate surface area is 267 Å². The molecule has 0 aliphatic carbocycles. The first-order chi connectivity index (χ1) is 22.5. The zero-order valence-corrected chi connectivity index (χ0v) is 25.5. The highest BCUT2D eigenvalue weighted by Crippen LogP contribution is 2.30. The lowest BCUT2D eigenvalue weighted by Gasteiger charge is -2.17. The summed E-state index contributed by atoms with van der Waals surface area (Å²) >= 11 is 2.99. The van der Waals surface area contributed by atoms with Crippen LogP contribution < -0.4 is 9.47 Å². The van der Waals surface area contributed by atoms with Crippen LogP contribution in [-0.2, 0) is 9.53 Å². The van der Waals surface area contributed by atoms with Crippen LogP contribution >= 0.6 is 22.7 Å². The molecule has 232 valence electrons. The van der Waals surface area contributed by atoms with Gasteiger partial charge in [0.05, 0.1) is 61.8 Å². The summed E-state index contributed by atoms with van der Waals surface area (Å²) in [5, 5.41) is 7.54. The molecule has 5 aromatic heterocycles. The molecule has 0 amide bonds. The first-order valence-corrected chi connectivity index (χ1v) is 15.4. The summed E-state index contributed by atoms with van der Waals surface area (Å²) in [7, 11) is 0. The Balaban J connectivity index is 0.000000162. The molecule has 0 radical (unpaired) electrons. The normalized spacial score (nSPS) is 12.2. The Hall–Kier alpha value is -5.41. The van der Waals surface area contributed by atoms with Crippen molar-refractivity contribution in [2.75, 3.05) is 6.61 Å². The first kappa shape index (κ1) is 30.6. The van der Waals surface area contributed by atoms with Crippen molar-refractivity contribution in [1.82, 2.24) is 30.1 Å². The Morgan fingerprint density at radius 2 is 1.41 bits per heavy atom. The van der Waals surface area contributed by atoms with Gasteiger partial charge in [-0.05, 0) is 67.6 Å². The number of thiazole rings is 2. The number of hydrogen-bond donors (Lipinski definition) is 0. The summed E-state index contributed by atoms with van der Waals surface area (Å²) in [6.45, 7) is 1.92. The van der Waals surface area contributed by atoms with Crippen molar-refractivity contribution in [1.29, 1.82) is 0 Å². The van der Waals surface area contributed by atoms with Gasteiger partial charge >= 0.3 is 5.97 Å². The first-order valence-electron chi connectivity index (χ1n) is 13.6. The van der Waals surface area contributed by atoms with Gasteiger partial charge in [0.25, 0.3) is 5.89 Å². The van der Waals surface area contributed by atoms with Crippen LogP contribution in [0.5, 0.6) is 11.5 Å². The zero-order chi connectivity index (χ0) is 31.9. The summed E-state index contributed by atoms with van der Waals surface area (Å²) in [5.41, 5.74) is 6.02. The Morgan fingerprint density at radius 3 is 1.96 bits per heavy atom. The fraction of sp³-hybridized carbons (Fsp3) is 0.129. The molecule has 0 saturated heterocycles. The molecule has 15 heteroatoms. The van der Waals surface area contributed by atoms with Crippen LogP contribution in [0, 0.1) is 11.6 Å². The quantitative estimate of drug-likeness (QED) is 0.150. The van der Waals surface area contributed by atoms with Gasteiger partial charge in [-0.25, -0.2) is 23.5 Å². The number of aromatic nitrogens is 6. The van der Waals surface area contributed by atoms with Gasteiger partial charge in [-0.2, -0.15) is 0 Å². The lowest BCUT2D eigenvalue weighted by atomic mass is 10.2. The third kappa shape index (κ3) is 7.27. The molecule has 0 saturated carbocycles. The Kier molecular flexibility index (Phi) is 9.40. The van der Waals surface area contributed by atoms with E-state index in [1.165, 1.54) is 53.3 Å². The van der Waals surface area contributed by atoms with Crippen molar-refractivity contribution >= 4 is 49.1 Å². The third-order valence-corrected chi connectivity index (χ3v) is 7.84. The van der Waals surface area contributed by atoms with E-state index in [1.54, 1.807) is 36.1 Å². The monoisotopic (exact) mass is 660 g/mol. The van der Waals surface area contributed by atoms with E-state index in [1.807, 2.05) is 18.2 Å². The SMILES string of the molecule is CCOC(=O)C(Oc1ccc2ncsc2c1)c1ccc(F)cn1.Fc1ccc(C(Oc2ccc3ncsc3c2)c2nnco2)nc1. The molecule has 0 aliphatic heterocycles. The standard InChI is InChI=1S/C16H13FN2O3S.C15H9FN4O2S/c1-2-21-16(20)15(13-5-3-10(17)8-18-13)22-11-4-6-12-14(7-11)23-9-19-12;16-9-1-3-12(17-6-9)14(15-20-19-7-21-15)22-10-2-4-11-13(5-10)23-8-18-11/h3-9,15H,2H2,1H3;1-8,14H. The molecule has 0 bridgehead atoms. The lowest BCUT2D eigenvalue weighted by molar-refractivity contribution is -0.152. The number of hydrogen-bond acceptors (Lipinski definition) is 13. The number of fused-ring (bicyclic) bond motifs is 2. The number of ether oxygens (including phenoxy) is 3. The summed E-state index contributed by atoms with van der Waals surface area (Å²) < 4.78 is 50.1. The van der Waals surface area contributed by atoms with Gasteiger partial charge in [-0.15, -0.1) is 32.9 Å². The topological polar surface area (TPSA) is 135 Å². The van der Waals surface area contributed by atoms with Crippen LogP contribution in [0.1, 0.15) is 36.4 Å². The van der Waals surface area contributed by atoms with E-state index in [2.05, 4.69) is 30.1 Å². The molecule has 46 heavy (non-hydrogen) atoms. The van der Waals surface area contributed by atoms with Gasteiger partial charge in [0.2, 0.25) is 18.6 Å². The van der Waals surface area contributed by atoms with E-state index in [0.717, 1.165) is 32.8 Å². The maximum atomic E-state index is 13.1. The zero-order valence-electron chi connectivity index (χ0n) is 23.8. The fourth-order valence-corrected chi connectivity index (χ4v) is 5.57. The van der Waals surface area contributed by atoms with Crippen molar-refractivity contribution in [3.63, 3.8) is 0 Å². The second-order valence-electron chi connectivity index (χ2n) is 9.29. The van der Waals surface area contributed by atoms with E-state index in [4.69, 9.17) is 18.6 Å². The number of rotatable bonds is 9. The van der Waals surface area contributed by atoms with Crippen LogP contribution in [0.25, 0.3) is 20.4 Å². The summed E-state index contributed by atoms with van der Waals surface area (Å²) in [4.78, 5) is 28.5. The molecule has 0 N–H and O–H groups in total. The maximum Gasteiger partial charge on any atom is 0.353 e. The second kappa shape index (κ2) is 14.1. The fourth-order valence-electron chi connectivity index (χ4n) is 4.15. The highest BCUT2D eigenvalue weighted by molar-refractivity contribution is 7.17. The maximum absolute atomic E-state index is 13.1. The molecule has 7 rings (SSSR count). The predicted octanol–water partition coefficient (Wildman–Crippen LogP) is 6.90.